The highest BCUT2D eigenvalue weighted by Crippen LogP contribution is 2.26. The van der Waals surface area contributed by atoms with Crippen LogP contribution in [-0.4, -0.2) is 6.10 Å². The fourth-order valence-corrected chi connectivity index (χ4v) is 0.940. The summed E-state index contributed by atoms with van der Waals surface area (Å²) in [6, 6.07) is 9.05. The third-order valence-electron chi connectivity index (χ3n) is 1.77. The number of rotatable bonds is 2. The van der Waals surface area contributed by atoms with E-state index in [9.17, 15) is 0 Å². The van der Waals surface area contributed by atoms with Crippen LogP contribution in [0.5, 0.6) is 5.75 Å². The Morgan fingerprint density at radius 1 is 1.45 bits per heavy atom. The highest BCUT2D eigenvalue weighted by molar-refractivity contribution is 5.25. The summed E-state index contributed by atoms with van der Waals surface area (Å²) >= 11 is 0. The van der Waals surface area contributed by atoms with E-state index in [0.29, 0.717) is 6.10 Å². The Morgan fingerprint density at radius 3 is 2.82 bits per heavy atom. The van der Waals surface area contributed by atoms with E-state index in [1.165, 1.54) is 12.8 Å². The third-order valence-corrected chi connectivity index (χ3v) is 1.77. The van der Waals surface area contributed by atoms with Crippen molar-refractivity contribution in [1.29, 1.82) is 0 Å². The topological polar surface area (TPSA) is 9.23 Å². The molecule has 0 atom stereocenters. The molecular formula is C10H11O. The van der Waals surface area contributed by atoms with E-state index in [0.717, 1.165) is 11.3 Å². The molecule has 0 unspecified atom stereocenters. The first-order chi connectivity index (χ1) is 5.34. The van der Waals surface area contributed by atoms with Crippen LogP contribution in [0.3, 0.4) is 0 Å². The van der Waals surface area contributed by atoms with Gasteiger partial charge in [-0.05, 0) is 43.5 Å². The first-order valence-electron chi connectivity index (χ1n) is 3.99. The second-order valence-corrected chi connectivity index (χ2v) is 3.02. The van der Waals surface area contributed by atoms with E-state index in [1.807, 2.05) is 25.1 Å². The zero-order valence-corrected chi connectivity index (χ0v) is 6.63. The van der Waals surface area contributed by atoms with Gasteiger partial charge in [-0.25, -0.2) is 0 Å². The Balaban J connectivity index is 2.06. The number of aryl methyl sites for hydroxylation is 1. The molecule has 1 aromatic carbocycles. The zero-order valence-electron chi connectivity index (χ0n) is 6.63. The Hall–Kier alpha value is -0.980. The van der Waals surface area contributed by atoms with Crippen LogP contribution in [0.15, 0.2) is 18.2 Å². The molecule has 0 saturated heterocycles. The van der Waals surface area contributed by atoms with Gasteiger partial charge in [0.25, 0.3) is 0 Å². The maximum atomic E-state index is 5.55. The standard InChI is InChI=1S/C10H11O/c1-8-2-4-9(5-3-8)11-10-6-7-10/h2,4-5,10H,6-7H2,1H3. The van der Waals surface area contributed by atoms with Gasteiger partial charge in [0.05, 0.1) is 6.10 Å². The molecule has 1 aliphatic carbocycles. The molecule has 57 valence electrons. The highest BCUT2D eigenvalue weighted by atomic mass is 16.5. The molecule has 2 rings (SSSR count). The van der Waals surface area contributed by atoms with E-state index in [2.05, 4.69) is 6.07 Å². The highest BCUT2D eigenvalue weighted by Gasteiger charge is 2.23. The molecule has 1 fully saturated rings. The van der Waals surface area contributed by atoms with E-state index in [4.69, 9.17) is 4.74 Å². The van der Waals surface area contributed by atoms with Gasteiger partial charge in [-0.3, -0.25) is 0 Å². The van der Waals surface area contributed by atoms with Crippen molar-refractivity contribution in [3.8, 4) is 5.75 Å². The second kappa shape index (κ2) is 2.57. The van der Waals surface area contributed by atoms with Gasteiger partial charge in [-0.15, -0.1) is 0 Å². The Bertz CT molecular complexity index is 234. The average Bonchev–Trinajstić information content (AvgIpc) is 2.78. The molecule has 1 saturated carbocycles. The Kier molecular flexibility index (Phi) is 1.57. The van der Waals surface area contributed by atoms with Crippen LogP contribution in [0.1, 0.15) is 18.4 Å². The van der Waals surface area contributed by atoms with Crippen LogP contribution >= 0.6 is 0 Å². The molecule has 1 aromatic rings. The molecule has 0 N–H and O–H groups in total. The van der Waals surface area contributed by atoms with E-state index < -0.39 is 0 Å². The maximum absolute atomic E-state index is 5.55. The molecule has 0 heterocycles. The third kappa shape index (κ3) is 1.73. The minimum atomic E-state index is 0.492. The molecule has 0 amide bonds. The smallest absolute Gasteiger partial charge is 0.120 e. The normalized spacial score (nSPS) is 16.5. The summed E-state index contributed by atoms with van der Waals surface area (Å²) in [4.78, 5) is 0. The number of benzene rings is 1. The van der Waals surface area contributed by atoms with Crippen LogP contribution in [0.2, 0.25) is 0 Å². The molecule has 0 bridgehead atoms. The van der Waals surface area contributed by atoms with Gasteiger partial charge in [-0.1, -0.05) is 6.07 Å². The van der Waals surface area contributed by atoms with Crippen molar-refractivity contribution in [1.82, 2.24) is 0 Å². The quantitative estimate of drug-likeness (QED) is 0.623. The Labute approximate surface area is 67.0 Å². The summed E-state index contributed by atoms with van der Waals surface area (Å²) in [5.41, 5.74) is 1.16. The summed E-state index contributed by atoms with van der Waals surface area (Å²) in [5.74, 6) is 0.957. The Morgan fingerprint density at radius 2 is 2.27 bits per heavy atom. The maximum Gasteiger partial charge on any atom is 0.120 e. The van der Waals surface area contributed by atoms with Crippen LogP contribution in [0.25, 0.3) is 0 Å². The van der Waals surface area contributed by atoms with Crippen molar-refractivity contribution in [2.45, 2.75) is 25.9 Å². The first-order valence-corrected chi connectivity index (χ1v) is 3.99. The van der Waals surface area contributed by atoms with Crippen LogP contribution < -0.4 is 4.74 Å². The molecule has 1 nitrogen and oxygen atoms in total. The minimum absolute atomic E-state index is 0.492. The van der Waals surface area contributed by atoms with Gasteiger partial charge in [0.2, 0.25) is 0 Å². The van der Waals surface area contributed by atoms with Gasteiger partial charge < -0.3 is 4.74 Å². The molecule has 11 heavy (non-hydrogen) atoms. The predicted octanol–water partition coefficient (Wildman–Crippen LogP) is 2.34. The average molecular weight is 147 g/mol. The monoisotopic (exact) mass is 147 g/mol. The van der Waals surface area contributed by atoms with Crippen molar-refractivity contribution in [2.24, 2.45) is 0 Å². The number of hydrogen-bond donors (Lipinski definition) is 0. The summed E-state index contributed by atoms with van der Waals surface area (Å²) < 4.78 is 5.55. The SMILES string of the molecule is Cc1[c]cc(OC2CC2)cc1. The predicted molar refractivity (Wildman–Crippen MR) is 43.7 cm³/mol. The lowest BCUT2D eigenvalue weighted by Gasteiger charge is -2.02. The lowest BCUT2D eigenvalue weighted by molar-refractivity contribution is 0.303. The van der Waals surface area contributed by atoms with E-state index in [1.54, 1.807) is 0 Å². The van der Waals surface area contributed by atoms with Crippen molar-refractivity contribution >= 4 is 0 Å². The lowest BCUT2D eigenvalue weighted by Crippen LogP contribution is -1.94. The van der Waals surface area contributed by atoms with E-state index in [-0.39, 0.29) is 0 Å². The summed E-state index contributed by atoms with van der Waals surface area (Å²) in [5, 5.41) is 0. The molecule has 0 spiro atoms. The largest absolute Gasteiger partial charge is 0.490 e. The molecule has 1 radical (unpaired) electrons. The lowest BCUT2D eigenvalue weighted by atomic mass is 10.2. The minimum Gasteiger partial charge on any atom is -0.490 e. The summed E-state index contributed by atoms with van der Waals surface area (Å²) in [6.07, 6.45) is 2.92. The molecular weight excluding hydrogens is 136 g/mol. The molecule has 0 aromatic heterocycles. The van der Waals surface area contributed by atoms with E-state index >= 15 is 0 Å². The fraction of sp³-hybridized carbons (Fsp3) is 0.400. The van der Waals surface area contributed by atoms with Gasteiger partial charge in [0.1, 0.15) is 5.75 Å². The molecule has 1 aliphatic rings. The fourth-order valence-electron chi connectivity index (χ4n) is 0.940. The van der Waals surface area contributed by atoms with Gasteiger partial charge in [0.15, 0.2) is 0 Å². The van der Waals surface area contributed by atoms with Gasteiger partial charge in [-0.2, -0.15) is 0 Å². The first kappa shape index (κ1) is 6.71. The summed E-state index contributed by atoms with van der Waals surface area (Å²) in [6.45, 7) is 2.03. The molecule has 0 aliphatic heterocycles. The van der Waals surface area contributed by atoms with Gasteiger partial charge >= 0.3 is 0 Å². The molecule has 1 heteroatoms. The van der Waals surface area contributed by atoms with Crippen molar-refractivity contribution in [2.75, 3.05) is 0 Å². The number of hydrogen-bond acceptors (Lipinski definition) is 1. The van der Waals surface area contributed by atoms with Crippen LogP contribution in [0, 0.1) is 13.0 Å². The van der Waals surface area contributed by atoms with Gasteiger partial charge in [0, 0.05) is 0 Å². The zero-order chi connectivity index (χ0) is 7.68. The summed E-state index contributed by atoms with van der Waals surface area (Å²) in [7, 11) is 0. The second-order valence-electron chi connectivity index (χ2n) is 3.02. The van der Waals surface area contributed by atoms with Crippen molar-refractivity contribution in [3.05, 3.63) is 29.8 Å². The van der Waals surface area contributed by atoms with Crippen LogP contribution in [0.4, 0.5) is 0 Å². The number of ether oxygens (including phenoxy) is 1. The van der Waals surface area contributed by atoms with Crippen molar-refractivity contribution in [3.63, 3.8) is 0 Å². The van der Waals surface area contributed by atoms with Crippen LogP contribution in [-0.2, 0) is 0 Å². The van der Waals surface area contributed by atoms with Crippen molar-refractivity contribution < 1.29 is 4.74 Å².